The molecule has 0 bridgehead atoms. The highest BCUT2D eigenvalue weighted by Gasteiger charge is 2.25. The van der Waals surface area contributed by atoms with E-state index >= 15 is 0 Å². The predicted molar refractivity (Wildman–Crippen MR) is 74.3 cm³/mol. The van der Waals surface area contributed by atoms with E-state index in [0.29, 0.717) is 11.8 Å². The minimum absolute atomic E-state index is 0.497. The molecule has 102 valence electrons. The molecule has 2 heterocycles. The highest BCUT2D eigenvalue weighted by atomic mass is 32.1. The molecule has 0 amide bonds. The van der Waals surface area contributed by atoms with Crippen LogP contribution in [0.2, 0.25) is 0 Å². The summed E-state index contributed by atoms with van der Waals surface area (Å²) in [7, 11) is 2.17. The molecule has 1 aromatic rings. The van der Waals surface area contributed by atoms with E-state index in [1.54, 1.807) is 0 Å². The van der Waals surface area contributed by atoms with Crippen molar-refractivity contribution in [2.75, 3.05) is 26.7 Å². The monoisotopic (exact) mass is 269 g/mol. The molecular weight excluding hydrogens is 246 g/mol. The maximum atomic E-state index is 5.79. The first-order valence-corrected chi connectivity index (χ1v) is 7.53. The van der Waals surface area contributed by atoms with E-state index in [2.05, 4.69) is 34.5 Å². The topological polar surface area (TPSA) is 38.3 Å². The number of likely N-dealkylation sites (tertiary alicyclic amines) is 1. The molecule has 2 rings (SSSR count). The molecule has 0 N–H and O–H groups in total. The van der Waals surface area contributed by atoms with E-state index in [1.165, 1.54) is 31.1 Å². The average molecular weight is 269 g/mol. The number of likely N-dealkylation sites (N-methyl/N-ethyl adjacent to an activating group) is 1. The van der Waals surface area contributed by atoms with E-state index in [9.17, 15) is 0 Å². The summed E-state index contributed by atoms with van der Waals surface area (Å²) >= 11 is 1.28. The third-order valence-electron chi connectivity index (χ3n) is 3.43. The van der Waals surface area contributed by atoms with Crippen LogP contribution in [0.1, 0.15) is 44.7 Å². The Bertz CT molecular complexity index is 367. The Balaban J connectivity index is 1.94. The molecule has 1 saturated heterocycles. The van der Waals surface area contributed by atoms with E-state index in [1.807, 2.05) is 0 Å². The van der Waals surface area contributed by atoms with Crippen molar-refractivity contribution in [1.82, 2.24) is 13.6 Å². The zero-order chi connectivity index (χ0) is 13.0. The van der Waals surface area contributed by atoms with E-state index in [-0.39, 0.29) is 0 Å². The predicted octanol–water partition coefficient (Wildman–Crippen LogP) is 2.77. The molecule has 1 aliphatic heterocycles. The Labute approximate surface area is 114 Å². The lowest BCUT2D eigenvalue weighted by atomic mass is 9.95. The summed E-state index contributed by atoms with van der Waals surface area (Å²) in [5.74, 6) is 1.94. The van der Waals surface area contributed by atoms with Gasteiger partial charge in [-0.2, -0.15) is 4.37 Å². The molecule has 18 heavy (non-hydrogen) atoms. The van der Waals surface area contributed by atoms with Crippen molar-refractivity contribution in [3.8, 4) is 5.88 Å². The first-order chi connectivity index (χ1) is 8.66. The summed E-state index contributed by atoms with van der Waals surface area (Å²) in [5, 5.41) is 0. The smallest absolute Gasteiger partial charge is 0.249 e. The van der Waals surface area contributed by atoms with Crippen LogP contribution in [0, 0.1) is 5.92 Å². The number of piperidine rings is 1. The Hall–Kier alpha value is -0.680. The van der Waals surface area contributed by atoms with Gasteiger partial charge in [0.1, 0.15) is 5.69 Å². The zero-order valence-electron chi connectivity index (χ0n) is 11.6. The van der Waals surface area contributed by atoms with Gasteiger partial charge in [-0.1, -0.05) is 13.8 Å². The standard InChI is InChI=1S/C13H23N3OS/c1-10(2)6-8-17-13-12(14-18-15-13)11-5-4-7-16(3)9-11/h10-11H,4-9H2,1-3H3. The number of nitrogens with zero attached hydrogens (tertiary/aromatic N) is 3. The SMILES string of the molecule is CC(C)CCOc1nsnc1C1CCCN(C)C1. The molecular formula is C13H23N3OS. The van der Waals surface area contributed by atoms with Crippen LogP contribution in [0.15, 0.2) is 0 Å². The summed E-state index contributed by atoms with van der Waals surface area (Å²) in [5.41, 5.74) is 1.08. The summed E-state index contributed by atoms with van der Waals surface area (Å²) in [6.07, 6.45) is 3.52. The fraction of sp³-hybridized carbons (Fsp3) is 0.846. The first kappa shape index (κ1) is 13.7. The van der Waals surface area contributed by atoms with E-state index in [0.717, 1.165) is 31.1 Å². The van der Waals surface area contributed by atoms with Crippen LogP contribution in [0.25, 0.3) is 0 Å². The van der Waals surface area contributed by atoms with Crippen molar-refractivity contribution in [2.24, 2.45) is 5.92 Å². The van der Waals surface area contributed by atoms with Gasteiger partial charge in [-0.3, -0.25) is 0 Å². The Morgan fingerprint density at radius 1 is 1.44 bits per heavy atom. The minimum Gasteiger partial charge on any atom is -0.476 e. The molecule has 1 aromatic heterocycles. The number of aromatic nitrogens is 2. The third-order valence-corrected chi connectivity index (χ3v) is 3.95. The Kier molecular flexibility index (Phi) is 4.95. The maximum absolute atomic E-state index is 5.79. The first-order valence-electron chi connectivity index (χ1n) is 6.80. The third kappa shape index (κ3) is 3.65. The van der Waals surface area contributed by atoms with Crippen molar-refractivity contribution >= 4 is 11.7 Å². The second-order valence-electron chi connectivity index (χ2n) is 5.59. The molecule has 0 spiro atoms. The van der Waals surface area contributed by atoms with Gasteiger partial charge in [0.25, 0.3) is 0 Å². The van der Waals surface area contributed by atoms with Crippen molar-refractivity contribution < 1.29 is 4.74 Å². The van der Waals surface area contributed by atoms with Gasteiger partial charge >= 0.3 is 0 Å². The fourth-order valence-corrected chi connectivity index (χ4v) is 2.89. The van der Waals surface area contributed by atoms with Gasteiger partial charge in [-0.15, -0.1) is 4.37 Å². The average Bonchev–Trinajstić information content (AvgIpc) is 2.77. The normalized spacial score (nSPS) is 21.4. The summed E-state index contributed by atoms with van der Waals surface area (Å²) in [6, 6.07) is 0. The Morgan fingerprint density at radius 3 is 3.00 bits per heavy atom. The molecule has 4 nitrogen and oxygen atoms in total. The summed E-state index contributed by atoms with van der Waals surface area (Å²) < 4.78 is 14.5. The molecule has 1 aliphatic rings. The lowest BCUT2D eigenvalue weighted by molar-refractivity contribution is 0.237. The van der Waals surface area contributed by atoms with Gasteiger partial charge in [0.15, 0.2) is 0 Å². The van der Waals surface area contributed by atoms with Crippen LogP contribution < -0.4 is 4.74 Å². The Morgan fingerprint density at radius 2 is 2.28 bits per heavy atom. The number of hydrogen-bond acceptors (Lipinski definition) is 5. The van der Waals surface area contributed by atoms with Gasteiger partial charge in [-0.25, -0.2) is 0 Å². The lowest BCUT2D eigenvalue weighted by Gasteiger charge is -2.28. The number of ether oxygens (including phenoxy) is 1. The number of hydrogen-bond donors (Lipinski definition) is 0. The lowest BCUT2D eigenvalue weighted by Crippen LogP contribution is -2.31. The second kappa shape index (κ2) is 6.48. The summed E-state index contributed by atoms with van der Waals surface area (Å²) in [4.78, 5) is 2.37. The van der Waals surface area contributed by atoms with Gasteiger partial charge in [0.2, 0.25) is 5.88 Å². The van der Waals surface area contributed by atoms with Crippen molar-refractivity contribution in [2.45, 2.75) is 39.0 Å². The van der Waals surface area contributed by atoms with Crippen LogP contribution in [-0.2, 0) is 0 Å². The molecule has 0 aliphatic carbocycles. The fourth-order valence-electron chi connectivity index (χ4n) is 2.32. The van der Waals surface area contributed by atoms with Crippen LogP contribution in [0.4, 0.5) is 0 Å². The van der Waals surface area contributed by atoms with Crippen LogP contribution in [0.5, 0.6) is 5.88 Å². The van der Waals surface area contributed by atoms with Gasteiger partial charge in [-0.05, 0) is 38.8 Å². The van der Waals surface area contributed by atoms with Crippen LogP contribution >= 0.6 is 11.7 Å². The van der Waals surface area contributed by atoms with E-state index < -0.39 is 0 Å². The van der Waals surface area contributed by atoms with Gasteiger partial charge < -0.3 is 9.64 Å². The molecule has 0 saturated carbocycles. The van der Waals surface area contributed by atoms with Crippen molar-refractivity contribution in [1.29, 1.82) is 0 Å². The molecule has 0 aromatic carbocycles. The molecule has 1 fully saturated rings. The molecule has 1 unspecified atom stereocenters. The zero-order valence-corrected chi connectivity index (χ0v) is 12.4. The highest BCUT2D eigenvalue weighted by molar-refractivity contribution is 6.99. The molecule has 0 radical (unpaired) electrons. The maximum Gasteiger partial charge on any atom is 0.249 e. The molecule has 1 atom stereocenters. The molecule has 5 heteroatoms. The minimum atomic E-state index is 0.497. The largest absolute Gasteiger partial charge is 0.476 e. The number of rotatable bonds is 5. The van der Waals surface area contributed by atoms with Gasteiger partial charge in [0, 0.05) is 12.5 Å². The summed E-state index contributed by atoms with van der Waals surface area (Å²) in [6.45, 7) is 7.43. The quantitative estimate of drug-likeness (QED) is 0.824. The second-order valence-corrected chi connectivity index (χ2v) is 6.12. The van der Waals surface area contributed by atoms with Crippen LogP contribution in [-0.4, -0.2) is 40.4 Å². The van der Waals surface area contributed by atoms with E-state index in [4.69, 9.17) is 4.74 Å². The van der Waals surface area contributed by atoms with Crippen molar-refractivity contribution in [3.63, 3.8) is 0 Å². The van der Waals surface area contributed by atoms with Crippen LogP contribution in [0.3, 0.4) is 0 Å². The van der Waals surface area contributed by atoms with Gasteiger partial charge in [0.05, 0.1) is 18.3 Å². The highest BCUT2D eigenvalue weighted by Crippen LogP contribution is 2.31. The van der Waals surface area contributed by atoms with Crippen molar-refractivity contribution in [3.05, 3.63) is 5.69 Å².